The third-order valence-corrected chi connectivity index (χ3v) is 5.49. The molecule has 1 saturated heterocycles. The molecule has 1 heterocycles. The third kappa shape index (κ3) is 5.97. The lowest BCUT2D eigenvalue weighted by atomic mass is 9.83. The van der Waals surface area contributed by atoms with Crippen molar-refractivity contribution in [3.8, 4) is 5.75 Å². The number of benzene rings is 1. The van der Waals surface area contributed by atoms with Crippen LogP contribution < -0.4 is 4.74 Å². The second-order valence-corrected chi connectivity index (χ2v) is 8.90. The van der Waals surface area contributed by atoms with Crippen molar-refractivity contribution in [2.75, 3.05) is 13.2 Å². The van der Waals surface area contributed by atoms with Crippen LogP contribution in [0.3, 0.4) is 0 Å². The van der Waals surface area contributed by atoms with Crippen LogP contribution in [-0.4, -0.2) is 35.2 Å². The number of carbonyl (C=O) groups is 1. The Labute approximate surface area is 164 Å². The Morgan fingerprint density at radius 2 is 2.00 bits per heavy atom. The van der Waals surface area contributed by atoms with Gasteiger partial charge in [0.05, 0.1) is 6.61 Å². The number of likely N-dealkylation sites (tertiary alicyclic amines) is 1. The van der Waals surface area contributed by atoms with E-state index in [9.17, 15) is 9.90 Å². The summed E-state index contributed by atoms with van der Waals surface area (Å²) in [4.78, 5) is 13.8. The van der Waals surface area contributed by atoms with E-state index >= 15 is 0 Å². The van der Waals surface area contributed by atoms with E-state index in [1.165, 1.54) is 24.0 Å². The van der Waals surface area contributed by atoms with Crippen molar-refractivity contribution < 1.29 is 14.6 Å². The van der Waals surface area contributed by atoms with Gasteiger partial charge in [-0.1, -0.05) is 53.0 Å². The van der Waals surface area contributed by atoms with Gasteiger partial charge in [0.2, 0.25) is 0 Å². The van der Waals surface area contributed by atoms with Gasteiger partial charge in [0, 0.05) is 12.1 Å². The van der Waals surface area contributed by atoms with E-state index in [1.54, 1.807) is 0 Å². The van der Waals surface area contributed by atoms with Crippen molar-refractivity contribution in [2.45, 2.75) is 91.1 Å². The van der Waals surface area contributed by atoms with Crippen LogP contribution in [0.5, 0.6) is 5.75 Å². The Bertz CT molecular complexity index is 633. The molecule has 0 aromatic heterocycles. The lowest BCUT2D eigenvalue weighted by Gasteiger charge is -2.33. The van der Waals surface area contributed by atoms with Crippen LogP contribution in [0, 0.1) is 6.92 Å². The second kappa shape index (κ2) is 9.59. The molecule has 0 amide bonds. The molecule has 0 radical (unpaired) electrons. The Kier molecular flexibility index (Phi) is 7.72. The number of carboxylic acids is 1. The van der Waals surface area contributed by atoms with Crippen molar-refractivity contribution in [3.05, 3.63) is 28.8 Å². The molecule has 0 aliphatic carbocycles. The van der Waals surface area contributed by atoms with E-state index in [0.717, 1.165) is 50.1 Å². The predicted molar refractivity (Wildman–Crippen MR) is 111 cm³/mol. The predicted octanol–water partition coefficient (Wildman–Crippen LogP) is 5.30. The molecule has 1 atom stereocenters. The molecule has 0 saturated carbocycles. The quantitative estimate of drug-likeness (QED) is 0.626. The average molecular weight is 376 g/mol. The number of aliphatic carboxylic acids is 1. The minimum absolute atomic E-state index is 0.0544. The van der Waals surface area contributed by atoms with Crippen molar-refractivity contribution in [2.24, 2.45) is 0 Å². The highest BCUT2D eigenvalue weighted by Gasteiger charge is 2.29. The number of piperidine rings is 1. The summed E-state index contributed by atoms with van der Waals surface area (Å²) in [5, 5.41) is 9.59. The van der Waals surface area contributed by atoms with Crippen molar-refractivity contribution in [1.29, 1.82) is 0 Å². The smallest absolute Gasteiger partial charge is 0.320 e. The molecule has 1 aliphatic heterocycles. The molecular formula is C23H37NO3. The molecule has 1 aromatic rings. The number of aryl methyl sites for hydroxylation is 1. The number of rotatable bonds is 8. The van der Waals surface area contributed by atoms with Crippen LogP contribution in [0.1, 0.15) is 82.9 Å². The zero-order valence-electron chi connectivity index (χ0n) is 17.8. The summed E-state index contributed by atoms with van der Waals surface area (Å²) >= 11 is 0. The first-order valence-electron chi connectivity index (χ1n) is 10.5. The molecule has 2 rings (SSSR count). The van der Waals surface area contributed by atoms with Gasteiger partial charge in [0.1, 0.15) is 11.8 Å². The lowest BCUT2D eigenvalue weighted by molar-refractivity contribution is -0.144. The molecule has 1 fully saturated rings. The normalized spacial score (nSPS) is 18.5. The summed E-state index contributed by atoms with van der Waals surface area (Å²) in [5.74, 6) is 0.222. The molecular weight excluding hydrogens is 338 g/mol. The van der Waals surface area contributed by atoms with Crippen LogP contribution in [0.4, 0.5) is 0 Å². The first-order chi connectivity index (χ1) is 12.7. The molecule has 27 heavy (non-hydrogen) atoms. The minimum atomic E-state index is -0.705. The van der Waals surface area contributed by atoms with Crippen LogP contribution in [-0.2, 0) is 16.8 Å². The molecule has 4 nitrogen and oxygen atoms in total. The summed E-state index contributed by atoms with van der Waals surface area (Å²) in [6.07, 6.45) is 6.19. The zero-order valence-corrected chi connectivity index (χ0v) is 17.8. The SMILES string of the molecule is CCCCCOc1cc(C(C)(C)C)c(C)cc1CN1CCCC[C@H]1C(=O)O. The van der Waals surface area contributed by atoms with Crippen LogP contribution in [0.2, 0.25) is 0 Å². The summed E-state index contributed by atoms with van der Waals surface area (Å²) in [6.45, 7) is 13.2. The fourth-order valence-electron chi connectivity index (χ4n) is 4.03. The highest BCUT2D eigenvalue weighted by atomic mass is 16.5. The molecule has 1 aliphatic rings. The van der Waals surface area contributed by atoms with Crippen LogP contribution >= 0.6 is 0 Å². The van der Waals surface area contributed by atoms with Gasteiger partial charge >= 0.3 is 5.97 Å². The topological polar surface area (TPSA) is 49.8 Å². The first-order valence-corrected chi connectivity index (χ1v) is 10.5. The fourth-order valence-corrected chi connectivity index (χ4v) is 4.03. The standard InChI is InChI=1S/C23H37NO3/c1-6-7-10-13-27-21-15-19(23(3,4)5)17(2)14-18(21)16-24-12-9-8-11-20(24)22(25)26/h14-15,20H,6-13,16H2,1-5H3,(H,25,26)/t20-/m0/s1. The van der Waals surface area contributed by atoms with Crippen LogP contribution in [0.15, 0.2) is 12.1 Å². The lowest BCUT2D eigenvalue weighted by Crippen LogP contribution is -2.44. The average Bonchev–Trinajstić information content (AvgIpc) is 2.59. The highest BCUT2D eigenvalue weighted by Crippen LogP contribution is 2.33. The number of hydrogen-bond donors (Lipinski definition) is 1. The van der Waals surface area contributed by atoms with Gasteiger partial charge in [-0.2, -0.15) is 0 Å². The van der Waals surface area contributed by atoms with Crippen molar-refractivity contribution in [1.82, 2.24) is 4.90 Å². The Hall–Kier alpha value is -1.55. The summed E-state index contributed by atoms with van der Waals surface area (Å²) in [6, 6.07) is 4.02. The van der Waals surface area contributed by atoms with Crippen LogP contribution in [0.25, 0.3) is 0 Å². The van der Waals surface area contributed by atoms with Gasteiger partial charge in [0.25, 0.3) is 0 Å². The number of ether oxygens (including phenoxy) is 1. The van der Waals surface area contributed by atoms with Gasteiger partial charge in [-0.05, 0) is 55.3 Å². The van der Waals surface area contributed by atoms with Crippen molar-refractivity contribution in [3.63, 3.8) is 0 Å². The largest absolute Gasteiger partial charge is 0.493 e. The molecule has 4 heteroatoms. The Balaban J connectivity index is 2.29. The number of carboxylic acid groups (broad SMARTS) is 1. The fraction of sp³-hybridized carbons (Fsp3) is 0.696. The minimum Gasteiger partial charge on any atom is -0.493 e. The molecule has 1 N–H and O–H groups in total. The van der Waals surface area contributed by atoms with E-state index in [2.05, 4.69) is 51.7 Å². The Morgan fingerprint density at radius 3 is 2.63 bits per heavy atom. The molecule has 152 valence electrons. The number of unbranched alkanes of at least 4 members (excludes halogenated alkanes) is 2. The van der Waals surface area contributed by atoms with Gasteiger partial charge in [-0.25, -0.2) is 0 Å². The number of nitrogens with zero attached hydrogens (tertiary/aromatic N) is 1. The van der Waals surface area contributed by atoms with Gasteiger partial charge < -0.3 is 9.84 Å². The number of hydrogen-bond acceptors (Lipinski definition) is 3. The monoisotopic (exact) mass is 375 g/mol. The summed E-state index contributed by atoms with van der Waals surface area (Å²) < 4.78 is 6.19. The van der Waals surface area contributed by atoms with Gasteiger partial charge in [0.15, 0.2) is 0 Å². The van der Waals surface area contributed by atoms with Gasteiger partial charge in [-0.3, -0.25) is 9.69 Å². The Morgan fingerprint density at radius 1 is 1.26 bits per heavy atom. The van der Waals surface area contributed by atoms with Gasteiger partial charge in [-0.15, -0.1) is 0 Å². The highest BCUT2D eigenvalue weighted by molar-refractivity contribution is 5.73. The second-order valence-electron chi connectivity index (χ2n) is 8.90. The summed E-state index contributed by atoms with van der Waals surface area (Å²) in [5.41, 5.74) is 3.72. The first kappa shape index (κ1) is 21.7. The van der Waals surface area contributed by atoms with E-state index in [1.807, 2.05) is 0 Å². The van der Waals surface area contributed by atoms with E-state index in [4.69, 9.17) is 4.74 Å². The summed E-state index contributed by atoms with van der Waals surface area (Å²) in [7, 11) is 0. The molecule has 0 spiro atoms. The van der Waals surface area contributed by atoms with Crippen molar-refractivity contribution >= 4 is 5.97 Å². The molecule has 0 unspecified atom stereocenters. The molecule has 1 aromatic carbocycles. The maximum Gasteiger partial charge on any atom is 0.320 e. The zero-order chi connectivity index (χ0) is 20.0. The van der Waals surface area contributed by atoms with E-state index in [0.29, 0.717) is 6.54 Å². The van der Waals surface area contributed by atoms with E-state index in [-0.39, 0.29) is 11.5 Å². The third-order valence-electron chi connectivity index (χ3n) is 5.49. The maximum absolute atomic E-state index is 11.7. The molecule has 0 bridgehead atoms. The maximum atomic E-state index is 11.7. The van der Waals surface area contributed by atoms with E-state index < -0.39 is 5.97 Å².